The molecule has 6 nitrogen and oxygen atoms in total. The van der Waals surface area contributed by atoms with Gasteiger partial charge in [-0.25, -0.2) is 0 Å². The zero-order valence-corrected chi connectivity index (χ0v) is 16.5. The van der Waals surface area contributed by atoms with E-state index in [1.165, 1.54) is 11.3 Å². The number of hydrogen-bond acceptors (Lipinski definition) is 5. The highest BCUT2D eigenvalue weighted by molar-refractivity contribution is 7.11. The Kier molecular flexibility index (Phi) is 6.58. The number of ether oxygens (including phenoxy) is 1. The van der Waals surface area contributed by atoms with Gasteiger partial charge < -0.3 is 14.5 Å². The van der Waals surface area contributed by atoms with Crippen molar-refractivity contribution < 1.29 is 14.3 Å². The third-order valence-corrected chi connectivity index (χ3v) is 5.13. The lowest BCUT2D eigenvalue weighted by Crippen LogP contribution is -2.40. The van der Waals surface area contributed by atoms with E-state index in [1.54, 1.807) is 16.6 Å². The van der Waals surface area contributed by atoms with E-state index >= 15 is 0 Å². The van der Waals surface area contributed by atoms with E-state index < -0.39 is 0 Å². The highest BCUT2D eigenvalue weighted by Crippen LogP contribution is 2.16. The molecule has 1 aliphatic heterocycles. The first kappa shape index (κ1) is 19.5. The van der Waals surface area contributed by atoms with Crippen molar-refractivity contribution in [3.8, 4) is 0 Å². The number of rotatable bonds is 6. The van der Waals surface area contributed by atoms with E-state index in [1.807, 2.05) is 35.2 Å². The summed E-state index contributed by atoms with van der Waals surface area (Å²) in [7, 11) is 0. The normalized spacial score (nSPS) is 18.0. The fraction of sp³-hybridized carbons (Fsp3) is 0.450. The van der Waals surface area contributed by atoms with E-state index in [4.69, 9.17) is 4.74 Å². The van der Waals surface area contributed by atoms with Gasteiger partial charge in [-0.3, -0.25) is 14.6 Å². The average molecular weight is 388 g/mol. The molecular weight excluding hydrogens is 362 g/mol. The van der Waals surface area contributed by atoms with Crippen LogP contribution in [-0.2, 0) is 16.1 Å². The standard InChI is InChI=1S/C20H25N3O3S/c1-15(2)9-22-10-17(26-13-16-6-4-3-5-7-16)11-23(12-19(22)24)20(25)18-8-21-14-27-18/h3-8,14-15,17H,9-13H2,1-2H3. The molecule has 144 valence electrons. The number of aromatic nitrogens is 1. The summed E-state index contributed by atoms with van der Waals surface area (Å²) >= 11 is 1.29. The highest BCUT2D eigenvalue weighted by Gasteiger charge is 2.32. The molecule has 1 fully saturated rings. The van der Waals surface area contributed by atoms with E-state index in [0.29, 0.717) is 37.0 Å². The second kappa shape index (κ2) is 9.10. The van der Waals surface area contributed by atoms with Crippen molar-refractivity contribution >= 4 is 23.2 Å². The van der Waals surface area contributed by atoms with Crippen molar-refractivity contribution in [2.24, 2.45) is 5.92 Å². The number of thiazole rings is 1. The lowest BCUT2D eigenvalue weighted by molar-refractivity contribution is -0.132. The maximum absolute atomic E-state index is 12.8. The molecule has 0 aliphatic carbocycles. The molecule has 1 aromatic carbocycles. The molecular formula is C20H25N3O3S. The second-order valence-electron chi connectivity index (χ2n) is 7.16. The predicted octanol–water partition coefficient (Wildman–Crippen LogP) is 2.67. The van der Waals surface area contributed by atoms with Gasteiger partial charge in [0, 0.05) is 19.6 Å². The zero-order chi connectivity index (χ0) is 19.2. The van der Waals surface area contributed by atoms with E-state index in [0.717, 1.165) is 5.56 Å². The molecule has 0 saturated carbocycles. The predicted molar refractivity (Wildman–Crippen MR) is 104 cm³/mol. The molecule has 1 aliphatic rings. The SMILES string of the molecule is CC(C)CN1CC(OCc2ccccc2)CN(C(=O)c2cncs2)CC1=O. The van der Waals surface area contributed by atoms with Gasteiger partial charge in [-0.05, 0) is 11.5 Å². The van der Waals surface area contributed by atoms with Crippen molar-refractivity contribution in [3.05, 3.63) is 52.5 Å². The minimum Gasteiger partial charge on any atom is -0.370 e. The van der Waals surface area contributed by atoms with Crippen molar-refractivity contribution in [2.75, 3.05) is 26.2 Å². The summed E-state index contributed by atoms with van der Waals surface area (Å²) in [5, 5.41) is 0. The molecule has 2 heterocycles. The number of carbonyl (C=O) groups excluding carboxylic acids is 2. The smallest absolute Gasteiger partial charge is 0.266 e. The summed E-state index contributed by atoms with van der Waals surface area (Å²) in [6.07, 6.45) is 1.32. The molecule has 1 atom stereocenters. The largest absolute Gasteiger partial charge is 0.370 e. The van der Waals surface area contributed by atoms with Crippen LogP contribution in [0.2, 0.25) is 0 Å². The van der Waals surface area contributed by atoms with Crippen LogP contribution < -0.4 is 0 Å². The van der Waals surface area contributed by atoms with Crippen molar-refractivity contribution in [2.45, 2.75) is 26.6 Å². The lowest BCUT2D eigenvalue weighted by atomic mass is 10.2. The second-order valence-corrected chi connectivity index (χ2v) is 8.05. The van der Waals surface area contributed by atoms with Gasteiger partial charge in [-0.2, -0.15) is 0 Å². The number of carbonyl (C=O) groups is 2. The summed E-state index contributed by atoms with van der Waals surface area (Å²) in [6, 6.07) is 9.93. The van der Waals surface area contributed by atoms with Gasteiger partial charge in [0.05, 0.1) is 24.4 Å². The summed E-state index contributed by atoms with van der Waals surface area (Å²) in [6.45, 7) is 6.25. The van der Waals surface area contributed by atoms with Crippen LogP contribution in [0, 0.1) is 5.92 Å². The first-order chi connectivity index (χ1) is 13.0. The Morgan fingerprint density at radius 1 is 1.30 bits per heavy atom. The number of nitrogens with zero attached hydrogens (tertiary/aromatic N) is 3. The molecule has 7 heteroatoms. The van der Waals surface area contributed by atoms with E-state index in [2.05, 4.69) is 18.8 Å². The van der Waals surface area contributed by atoms with Gasteiger partial charge in [0.25, 0.3) is 5.91 Å². The number of benzene rings is 1. The molecule has 0 spiro atoms. The van der Waals surface area contributed by atoms with Crippen molar-refractivity contribution in [3.63, 3.8) is 0 Å². The Morgan fingerprint density at radius 2 is 2.07 bits per heavy atom. The molecule has 1 unspecified atom stereocenters. The third-order valence-electron chi connectivity index (χ3n) is 4.37. The zero-order valence-electron chi connectivity index (χ0n) is 15.7. The molecule has 27 heavy (non-hydrogen) atoms. The highest BCUT2D eigenvalue weighted by atomic mass is 32.1. The Morgan fingerprint density at radius 3 is 2.74 bits per heavy atom. The molecule has 0 bridgehead atoms. The van der Waals surface area contributed by atoms with Gasteiger partial charge in [0.2, 0.25) is 5.91 Å². The van der Waals surface area contributed by atoms with Crippen LogP contribution in [-0.4, -0.2) is 58.9 Å². The Bertz CT molecular complexity index is 749. The Hall–Kier alpha value is -2.25. The van der Waals surface area contributed by atoms with E-state index in [9.17, 15) is 9.59 Å². The van der Waals surface area contributed by atoms with Crippen LogP contribution in [0.1, 0.15) is 29.1 Å². The van der Waals surface area contributed by atoms with Gasteiger partial charge in [0.1, 0.15) is 11.4 Å². The number of amides is 2. The minimum atomic E-state index is -0.229. The monoisotopic (exact) mass is 387 g/mol. The Labute approximate surface area is 163 Å². The summed E-state index contributed by atoms with van der Waals surface area (Å²) in [5.74, 6) is 0.158. The average Bonchev–Trinajstić information content (AvgIpc) is 3.14. The maximum Gasteiger partial charge on any atom is 0.266 e. The van der Waals surface area contributed by atoms with Crippen LogP contribution in [0.5, 0.6) is 0 Å². The van der Waals surface area contributed by atoms with Crippen molar-refractivity contribution in [1.29, 1.82) is 0 Å². The fourth-order valence-electron chi connectivity index (χ4n) is 3.12. The molecule has 1 aromatic heterocycles. The molecule has 0 radical (unpaired) electrons. The van der Waals surface area contributed by atoms with Crippen molar-refractivity contribution in [1.82, 2.24) is 14.8 Å². The van der Waals surface area contributed by atoms with Crippen LogP contribution in [0.3, 0.4) is 0 Å². The Balaban J connectivity index is 1.74. The quantitative estimate of drug-likeness (QED) is 0.765. The third kappa shape index (κ3) is 5.37. The van der Waals surface area contributed by atoms with Crippen LogP contribution in [0.4, 0.5) is 0 Å². The van der Waals surface area contributed by atoms with Gasteiger partial charge >= 0.3 is 0 Å². The van der Waals surface area contributed by atoms with Gasteiger partial charge in [-0.1, -0.05) is 44.2 Å². The molecule has 3 rings (SSSR count). The first-order valence-corrected chi connectivity index (χ1v) is 10.0. The van der Waals surface area contributed by atoms with Gasteiger partial charge in [0.15, 0.2) is 0 Å². The minimum absolute atomic E-state index is 0.0348. The summed E-state index contributed by atoms with van der Waals surface area (Å²) in [5.41, 5.74) is 2.70. The number of hydrogen-bond donors (Lipinski definition) is 0. The molecule has 2 aromatic rings. The van der Waals surface area contributed by atoms with Crippen LogP contribution >= 0.6 is 11.3 Å². The van der Waals surface area contributed by atoms with Crippen LogP contribution in [0.15, 0.2) is 42.0 Å². The van der Waals surface area contributed by atoms with E-state index in [-0.39, 0.29) is 24.5 Å². The molecule has 1 saturated heterocycles. The first-order valence-electron chi connectivity index (χ1n) is 9.14. The topological polar surface area (TPSA) is 62.7 Å². The summed E-state index contributed by atoms with van der Waals surface area (Å²) in [4.78, 5) is 33.4. The van der Waals surface area contributed by atoms with Crippen LogP contribution in [0.25, 0.3) is 0 Å². The maximum atomic E-state index is 12.8. The van der Waals surface area contributed by atoms with Gasteiger partial charge in [-0.15, -0.1) is 11.3 Å². The fourth-order valence-corrected chi connectivity index (χ4v) is 3.71. The summed E-state index contributed by atoms with van der Waals surface area (Å²) < 4.78 is 6.11. The molecule has 2 amide bonds. The molecule has 0 N–H and O–H groups in total. The lowest BCUT2D eigenvalue weighted by Gasteiger charge is -2.26.